The zero-order valence-corrected chi connectivity index (χ0v) is 11.0. The second-order valence-electron chi connectivity index (χ2n) is 4.78. The summed E-state index contributed by atoms with van der Waals surface area (Å²) in [6, 6.07) is 5.18. The zero-order valence-electron chi connectivity index (χ0n) is 11.0. The van der Waals surface area contributed by atoms with Crippen LogP contribution < -0.4 is 4.74 Å². The Morgan fingerprint density at radius 1 is 1.29 bits per heavy atom. The highest BCUT2D eigenvalue weighted by molar-refractivity contribution is 5.64. The Bertz CT molecular complexity index is 544. The van der Waals surface area contributed by atoms with Gasteiger partial charge in [0, 0.05) is 12.1 Å². The number of non-ortho nitro benzene ring substituents is 1. The van der Waals surface area contributed by atoms with Gasteiger partial charge >= 0.3 is 6.16 Å². The summed E-state index contributed by atoms with van der Waals surface area (Å²) in [5.74, 6) is 0.221. The largest absolute Gasteiger partial charge is 0.514 e. The predicted molar refractivity (Wildman–Crippen MR) is 67.8 cm³/mol. The number of benzene rings is 1. The van der Waals surface area contributed by atoms with Crippen molar-refractivity contribution in [1.29, 1.82) is 0 Å². The van der Waals surface area contributed by atoms with Crippen molar-refractivity contribution in [2.24, 2.45) is 5.92 Å². The molecule has 8 nitrogen and oxygen atoms in total. The molecule has 0 amide bonds. The van der Waals surface area contributed by atoms with Gasteiger partial charge in [0.1, 0.15) is 11.9 Å². The molecule has 2 aliphatic rings. The first-order valence-electron chi connectivity index (χ1n) is 6.49. The minimum Gasteiger partial charge on any atom is -0.428 e. The minimum absolute atomic E-state index is 0.0365. The van der Waals surface area contributed by atoms with Gasteiger partial charge < -0.3 is 18.9 Å². The van der Waals surface area contributed by atoms with E-state index in [9.17, 15) is 14.9 Å². The van der Waals surface area contributed by atoms with E-state index < -0.39 is 11.1 Å². The second-order valence-corrected chi connectivity index (χ2v) is 4.78. The van der Waals surface area contributed by atoms with Crippen molar-refractivity contribution in [2.75, 3.05) is 13.2 Å². The highest BCUT2D eigenvalue weighted by Gasteiger charge is 2.44. The SMILES string of the molecule is O=C(Oc1ccc([N+](=O)[O-])cc1)O[C@@H]1CO[C@H]2OCC[C@H]21. The first-order valence-corrected chi connectivity index (χ1v) is 6.49. The molecule has 3 atom stereocenters. The van der Waals surface area contributed by atoms with Gasteiger partial charge in [0.25, 0.3) is 5.69 Å². The summed E-state index contributed by atoms with van der Waals surface area (Å²) in [6.45, 7) is 0.872. The molecule has 2 aliphatic heterocycles. The van der Waals surface area contributed by atoms with Crippen molar-refractivity contribution in [1.82, 2.24) is 0 Å². The number of nitrogens with zero attached hydrogens (tertiary/aromatic N) is 1. The maximum atomic E-state index is 11.7. The third-order valence-corrected chi connectivity index (χ3v) is 3.48. The van der Waals surface area contributed by atoms with Crippen LogP contribution in [0.15, 0.2) is 24.3 Å². The van der Waals surface area contributed by atoms with Gasteiger partial charge in [-0.2, -0.15) is 0 Å². The molecule has 0 aliphatic carbocycles. The van der Waals surface area contributed by atoms with Gasteiger partial charge in [-0.05, 0) is 18.6 Å². The Labute approximate surface area is 119 Å². The van der Waals surface area contributed by atoms with Crippen LogP contribution in [0.4, 0.5) is 10.5 Å². The van der Waals surface area contributed by atoms with E-state index in [2.05, 4.69) is 0 Å². The molecule has 0 unspecified atom stereocenters. The Morgan fingerprint density at radius 3 is 2.76 bits per heavy atom. The van der Waals surface area contributed by atoms with Gasteiger partial charge in [0.2, 0.25) is 0 Å². The number of hydrogen-bond acceptors (Lipinski definition) is 7. The van der Waals surface area contributed by atoms with Gasteiger partial charge in [-0.1, -0.05) is 0 Å². The first-order chi connectivity index (χ1) is 10.1. The highest BCUT2D eigenvalue weighted by Crippen LogP contribution is 2.33. The minimum atomic E-state index is -0.856. The Kier molecular flexibility index (Phi) is 3.72. The van der Waals surface area contributed by atoms with E-state index in [1.54, 1.807) is 0 Å². The van der Waals surface area contributed by atoms with E-state index in [1.807, 2.05) is 0 Å². The molecule has 112 valence electrons. The van der Waals surface area contributed by atoms with E-state index in [1.165, 1.54) is 24.3 Å². The third kappa shape index (κ3) is 2.96. The molecule has 0 aromatic heterocycles. The summed E-state index contributed by atoms with van der Waals surface area (Å²) in [5, 5.41) is 10.5. The summed E-state index contributed by atoms with van der Waals surface area (Å²) in [7, 11) is 0. The lowest BCUT2D eigenvalue weighted by Gasteiger charge is -2.15. The molecular weight excluding hydrogens is 282 g/mol. The lowest BCUT2D eigenvalue weighted by molar-refractivity contribution is -0.384. The maximum Gasteiger partial charge on any atom is 0.514 e. The van der Waals surface area contributed by atoms with E-state index in [0.717, 1.165) is 6.42 Å². The fourth-order valence-corrected chi connectivity index (χ4v) is 2.43. The average molecular weight is 295 g/mol. The molecule has 0 saturated carbocycles. The van der Waals surface area contributed by atoms with Crippen LogP contribution in [0.5, 0.6) is 5.75 Å². The molecule has 1 aromatic rings. The van der Waals surface area contributed by atoms with Crippen molar-refractivity contribution in [3.8, 4) is 5.75 Å². The summed E-state index contributed by atoms with van der Waals surface area (Å²) in [4.78, 5) is 21.7. The van der Waals surface area contributed by atoms with Crippen molar-refractivity contribution in [3.05, 3.63) is 34.4 Å². The van der Waals surface area contributed by atoms with E-state index in [0.29, 0.717) is 6.61 Å². The van der Waals surface area contributed by atoms with Crippen LogP contribution in [-0.2, 0) is 14.2 Å². The topological polar surface area (TPSA) is 97.1 Å². The monoisotopic (exact) mass is 295 g/mol. The molecule has 8 heteroatoms. The predicted octanol–water partition coefficient (Wildman–Crippen LogP) is 1.87. The summed E-state index contributed by atoms with van der Waals surface area (Å²) in [5.41, 5.74) is -0.0779. The fourth-order valence-electron chi connectivity index (χ4n) is 2.43. The zero-order chi connectivity index (χ0) is 14.8. The number of carbonyl (C=O) groups is 1. The normalized spacial score (nSPS) is 27.1. The molecule has 0 radical (unpaired) electrons. The molecule has 0 bridgehead atoms. The fraction of sp³-hybridized carbons (Fsp3) is 0.462. The molecule has 0 spiro atoms. The molecule has 21 heavy (non-hydrogen) atoms. The molecule has 2 fully saturated rings. The maximum absolute atomic E-state index is 11.7. The average Bonchev–Trinajstić information content (AvgIpc) is 3.04. The van der Waals surface area contributed by atoms with Crippen LogP contribution in [0, 0.1) is 16.0 Å². The van der Waals surface area contributed by atoms with Crippen LogP contribution in [0.2, 0.25) is 0 Å². The van der Waals surface area contributed by atoms with Gasteiger partial charge in [0.15, 0.2) is 6.29 Å². The molecule has 2 heterocycles. The summed E-state index contributed by atoms with van der Waals surface area (Å²) >= 11 is 0. The van der Waals surface area contributed by atoms with Gasteiger partial charge in [-0.25, -0.2) is 4.79 Å². The van der Waals surface area contributed by atoms with Crippen molar-refractivity contribution < 1.29 is 28.7 Å². The molecule has 2 saturated heterocycles. The highest BCUT2D eigenvalue weighted by atomic mass is 16.8. The van der Waals surface area contributed by atoms with Crippen LogP contribution in [0.1, 0.15) is 6.42 Å². The molecular formula is C13H13NO7. The number of carbonyl (C=O) groups excluding carboxylic acids is 1. The first kappa shape index (κ1) is 13.8. The standard InChI is InChI=1S/C13H13NO7/c15-13(20-9-3-1-8(2-4-9)14(16)17)21-11-7-19-12-10(11)5-6-18-12/h1-4,10-12H,5-7H2/t10-,11+,12+/m0/s1. The van der Waals surface area contributed by atoms with Crippen LogP contribution in [0.3, 0.4) is 0 Å². The number of ether oxygens (including phenoxy) is 4. The lowest BCUT2D eigenvalue weighted by atomic mass is 10.0. The van der Waals surface area contributed by atoms with Crippen molar-refractivity contribution in [2.45, 2.75) is 18.8 Å². The Hall–Kier alpha value is -2.19. The van der Waals surface area contributed by atoms with Gasteiger partial charge in [-0.3, -0.25) is 10.1 Å². The van der Waals surface area contributed by atoms with Crippen LogP contribution >= 0.6 is 0 Å². The van der Waals surface area contributed by atoms with Crippen molar-refractivity contribution in [3.63, 3.8) is 0 Å². The van der Waals surface area contributed by atoms with E-state index >= 15 is 0 Å². The molecule has 1 aromatic carbocycles. The Morgan fingerprint density at radius 2 is 2.05 bits per heavy atom. The number of hydrogen-bond donors (Lipinski definition) is 0. The third-order valence-electron chi connectivity index (χ3n) is 3.48. The van der Waals surface area contributed by atoms with E-state index in [4.69, 9.17) is 18.9 Å². The summed E-state index contributed by atoms with van der Waals surface area (Å²) in [6.07, 6.45) is -0.768. The van der Waals surface area contributed by atoms with E-state index in [-0.39, 0.29) is 36.4 Å². The van der Waals surface area contributed by atoms with Crippen LogP contribution in [-0.4, -0.2) is 36.7 Å². The summed E-state index contributed by atoms with van der Waals surface area (Å²) < 4.78 is 20.9. The quantitative estimate of drug-likeness (QED) is 0.363. The molecule has 0 N–H and O–H groups in total. The lowest BCUT2D eigenvalue weighted by Crippen LogP contribution is -2.27. The van der Waals surface area contributed by atoms with Gasteiger partial charge in [-0.15, -0.1) is 0 Å². The Balaban J connectivity index is 1.55. The second kappa shape index (κ2) is 5.66. The van der Waals surface area contributed by atoms with Crippen molar-refractivity contribution >= 4 is 11.8 Å². The number of fused-ring (bicyclic) bond motifs is 1. The van der Waals surface area contributed by atoms with Crippen LogP contribution in [0.25, 0.3) is 0 Å². The number of nitro benzene ring substituents is 1. The molecule has 3 rings (SSSR count). The smallest absolute Gasteiger partial charge is 0.428 e. The number of rotatable bonds is 3. The number of nitro groups is 1. The van der Waals surface area contributed by atoms with Gasteiger partial charge in [0.05, 0.1) is 24.1 Å².